The zero-order valence-electron chi connectivity index (χ0n) is 10.8. The fraction of sp³-hybridized carbons (Fsp3) is 0.222. The second kappa shape index (κ2) is 6.89. The minimum absolute atomic E-state index is 0. The molecule has 1 heterocycles. The van der Waals surface area contributed by atoms with E-state index in [0.717, 1.165) is 0 Å². The Hall–Kier alpha value is -0.620. The number of hydrogen-bond donors (Lipinski definition) is 0. The summed E-state index contributed by atoms with van der Waals surface area (Å²) < 4.78 is 40.5. The molecular weight excluding hydrogens is 315 g/mol. The topological polar surface area (TPSA) is 102 Å². The van der Waals surface area contributed by atoms with Crippen LogP contribution in [-0.2, 0) is 21.6 Å². The molecule has 102 valence electrons. The Morgan fingerprint density at radius 1 is 1.40 bits per heavy atom. The van der Waals surface area contributed by atoms with E-state index in [2.05, 4.69) is 10.4 Å². The third-order valence-corrected chi connectivity index (χ3v) is 3.46. The van der Waals surface area contributed by atoms with Gasteiger partial charge in [-0.05, 0) is 40.8 Å². The average molecular weight is 324 g/mol. The van der Waals surface area contributed by atoms with Crippen LogP contribution in [0.4, 0.5) is 0 Å². The second-order valence-corrected chi connectivity index (χ2v) is 5.29. The van der Waals surface area contributed by atoms with E-state index in [4.69, 9.17) is 17.0 Å². The van der Waals surface area contributed by atoms with E-state index in [1.165, 1.54) is 34.7 Å². The fourth-order valence-corrected chi connectivity index (χ4v) is 2.15. The van der Waals surface area contributed by atoms with Gasteiger partial charge in [0.1, 0.15) is 16.8 Å². The van der Waals surface area contributed by atoms with Gasteiger partial charge in [-0.15, -0.1) is 0 Å². The van der Waals surface area contributed by atoms with Crippen LogP contribution in [0.5, 0.6) is 0 Å². The van der Waals surface area contributed by atoms with Crippen LogP contribution in [0.2, 0.25) is 0 Å². The number of hydrogen-bond acceptors (Lipinski definition) is 7. The molecule has 0 amide bonds. The summed E-state index contributed by atoms with van der Waals surface area (Å²) in [5, 5.41) is 7.52. The van der Waals surface area contributed by atoms with Crippen molar-refractivity contribution in [2.75, 3.05) is 7.11 Å². The number of tetrazole rings is 1. The number of aromatic nitrogens is 4. The van der Waals surface area contributed by atoms with Gasteiger partial charge in [0.05, 0.1) is 10.6 Å². The van der Waals surface area contributed by atoms with Gasteiger partial charge in [0, 0.05) is 7.11 Å². The van der Waals surface area contributed by atoms with Crippen molar-refractivity contribution >= 4 is 22.3 Å². The third kappa shape index (κ3) is 3.73. The van der Waals surface area contributed by atoms with Crippen LogP contribution in [0.1, 0.15) is 0 Å². The molecule has 0 aliphatic carbocycles. The van der Waals surface area contributed by atoms with Crippen molar-refractivity contribution in [1.29, 1.82) is 0 Å². The van der Waals surface area contributed by atoms with Crippen molar-refractivity contribution in [1.82, 2.24) is 19.8 Å². The van der Waals surface area contributed by atoms with Gasteiger partial charge in [0.25, 0.3) is 0 Å². The van der Waals surface area contributed by atoms with Gasteiger partial charge in [-0.25, -0.2) is 8.42 Å². The molecule has 8 nitrogen and oxygen atoms in total. The predicted molar refractivity (Wildman–Crippen MR) is 65.2 cm³/mol. The molecule has 0 N–H and O–H groups in total. The normalized spacial score (nSPS) is 11.1. The van der Waals surface area contributed by atoms with E-state index in [-0.39, 0.29) is 46.0 Å². The molecule has 11 heteroatoms. The molecule has 0 radical (unpaired) electrons. The Balaban J connectivity index is 0.00000200. The first-order valence-corrected chi connectivity index (χ1v) is 6.83. The smallest absolute Gasteiger partial charge is 0.744 e. The molecule has 0 saturated carbocycles. The van der Waals surface area contributed by atoms with Crippen LogP contribution in [0, 0.1) is 4.77 Å². The number of ether oxygens (including phenoxy) is 1. The maximum Gasteiger partial charge on any atom is 1.00 e. The zero-order valence-corrected chi connectivity index (χ0v) is 14.4. The molecule has 0 spiro atoms. The van der Waals surface area contributed by atoms with Gasteiger partial charge < -0.3 is 9.29 Å². The Bertz CT molecular complexity index is 755. The molecule has 0 bridgehead atoms. The summed E-state index contributed by atoms with van der Waals surface area (Å²) in [5.74, 6) is 0. The average Bonchev–Trinajstić information content (AvgIpc) is 2.71. The molecule has 20 heavy (non-hydrogen) atoms. The summed E-state index contributed by atoms with van der Waals surface area (Å²) in [6.45, 7) is 0.123. The summed E-state index contributed by atoms with van der Waals surface area (Å²) in [6, 6.07) is 5.38. The van der Waals surface area contributed by atoms with E-state index in [1.807, 2.05) is 0 Å². The van der Waals surface area contributed by atoms with Gasteiger partial charge in [-0.1, -0.05) is 6.07 Å². The largest absolute Gasteiger partial charge is 1.00 e. The minimum atomic E-state index is -4.53. The Morgan fingerprint density at radius 3 is 2.70 bits per heavy atom. The molecule has 0 atom stereocenters. The van der Waals surface area contributed by atoms with E-state index in [1.54, 1.807) is 6.07 Å². The summed E-state index contributed by atoms with van der Waals surface area (Å²) in [6.07, 6.45) is 0. The summed E-state index contributed by atoms with van der Waals surface area (Å²) in [7, 11) is -3.05. The first-order valence-electron chi connectivity index (χ1n) is 5.01. The molecule has 1 aromatic heterocycles. The molecule has 0 aliphatic heterocycles. The van der Waals surface area contributed by atoms with Crippen molar-refractivity contribution < 1.29 is 47.3 Å². The first kappa shape index (κ1) is 17.4. The van der Waals surface area contributed by atoms with Crippen LogP contribution in [0.3, 0.4) is 0 Å². The number of nitrogens with zero attached hydrogens (tertiary/aromatic N) is 4. The zero-order chi connectivity index (χ0) is 14.0. The molecule has 2 rings (SSSR count). The first-order chi connectivity index (χ1) is 8.93. The van der Waals surface area contributed by atoms with E-state index >= 15 is 0 Å². The summed E-state index contributed by atoms with van der Waals surface area (Å²) in [5.41, 5.74) is 0.337. The maximum atomic E-state index is 11.0. The SMILES string of the molecule is COCn1nnn(-c2cccc(S(=O)(=O)[O-])c2)c1=S.[Na+]. The fourth-order valence-electron chi connectivity index (χ4n) is 1.41. The summed E-state index contributed by atoms with van der Waals surface area (Å²) in [4.78, 5) is -0.354. The monoisotopic (exact) mass is 324 g/mol. The van der Waals surface area contributed by atoms with Crippen LogP contribution in [-0.4, -0.2) is 39.9 Å². The van der Waals surface area contributed by atoms with Gasteiger partial charge >= 0.3 is 29.6 Å². The molecule has 0 aliphatic rings. The Morgan fingerprint density at radius 2 is 2.10 bits per heavy atom. The van der Waals surface area contributed by atoms with Gasteiger partial charge in [-0.2, -0.15) is 9.36 Å². The van der Waals surface area contributed by atoms with Crippen molar-refractivity contribution in [3.8, 4) is 5.69 Å². The molecule has 0 saturated heterocycles. The quantitative estimate of drug-likeness (QED) is 0.343. The molecule has 2 aromatic rings. The van der Waals surface area contributed by atoms with Gasteiger partial charge in [0.2, 0.25) is 4.77 Å². The van der Waals surface area contributed by atoms with Crippen LogP contribution < -0.4 is 29.6 Å². The molecule has 0 unspecified atom stereocenters. The van der Waals surface area contributed by atoms with E-state index in [9.17, 15) is 13.0 Å². The van der Waals surface area contributed by atoms with E-state index in [0.29, 0.717) is 5.69 Å². The van der Waals surface area contributed by atoms with E-state index < -0.39 is 10.1 Å². The second-order valence-electron chi connectivity index (χ2n) is 3.54. The standard InChI is InChI=1S/C9H10N4O4S2.Na/c1-17-6-12-9(18)13(11-10-12)7-3-2-4-8(5-7)19(14,15)16;/h2-5H,6H2,1H3,(H,14,15,16);/q;+1/p-1. The molecule has 1 aromatic carbocycles. The number of benzene rings is 1. The van der Waals surface area contributed by atoms with Crippen LogP contribution in [0.15, 0.2) is 29.2 Å². The maximum absolute atomic E-state index is 11.0. The van der Waals surface area contributed by atoms with Crippen molar-refractivity contribution in [3.63, 3.8) is 0 Å². The number of rotatable bonds is 4. The molecule has 0 fully saturated rings. The Kier molecular flexibility index (Phi) is 6.01. The van der Waals surface area contributed by atoms with Crippen LogP contribution in [0.25, 0.3) is 5.69 Å². The van der Waals surface area contributed by atoms with Crippen LogP contribution >= 0.6 is 12.2 Å². The summed E-state index contributed by atoms with van der Waals surface area (Å²) >= 11 is 5.10. The van der Waals surface area contributed by atoms with Crippen molar-refractivity contribution in [3.05, 3.63) is 29.0 Å². The van der Waals surface area contributed by atoms with Crippen molar-refractivity contribution in [2.24, 2.45) is 0 Å². The minimum Gasteiger partial charge on any atom is -0.744 e. The third-order valence-electron chi connectivity index (χ3n) is 2.24. The number of methoxy groups -OCH3 is 1. The van der Waals surface area contributed by atoms with Gasteiger partial charge in [0.15, 0.2) is 0 Å². The Labute approximate surface area is 142 Å². The van der Waals surface area contributed by atoms with Crippen molar-refractivity contribution in [2.45, 2.75) is 11.6 Å². The molecular formula is C9H9N4NaO4S2. The van der Waals surface area contributed by atoms with Gasteiger partial charge in [-0.3, -0.25) is 0 Å². The predicted octanol–water partition coefficient (Wildman–Crippen LogP) is -2.69.